The third kappa shape index (κ3) is 4.65. The maximum Gasteiger partial charge on any atom is 0.356 e. The van der Waals surface area contributed by atoms with Gasteiger partial charge in [-0.1, -0.05) is 6.42 Å². The second-order valence-electron chi connectivity index (χ2n) is 11.6. The van der Waals surface area contributed by atoms with Gasteiger partial charge in [0.25, 0.3) is 0 Å². The zero-order valence-electron chi connectivity index (χ0n) is 23.1. The molecular formula is C30H37FN6O3. The van der Waals surface area contributed by atoms with Crippen molar-refractivity contribution in [3.8, 4) is 5.69 Å². The highest BCUT2D eigenvalue weighted by Gasteiger charge is 2.34. The van der Waals surface area contributed by atoms with Crippen molar-refractivity contribution < 1.29 is 18.7 Å². The number of carbonyl (C=O) groups excluding carboxylic acids is 1. The normalized spacial score (nSPS) is 21.9. The lowest BCUT2D eigenvalue weighted by atomic mass is 9.82. The van der Waals surface area contributed by atoms with Crippen LogP contribution in [0.15, 0.2) is 30.3 Å². The Bertz CT molecular complexity index is 1370. The molecule has 3 saturated heterocycles. The van der Waals surface area contributed by atoms with Gasteiger partial charge in [-0.05, 0) is 56.0 Å². The molecule has 4 fully saturated rings. The van der Waals surface area contributed by atoms with Gasteiger partial charge in [0, 0.05) is 51.2 Å². The van der Waals surface area contributed by atoms with E-state index in [9.17, 15) is 9.18 Å². The van der Waals surface area contributed by atoms with Crippen molar-refractivity contribution in [2.75, 3.05) is 64.5 Å². The fourth-order valence-corrected chi connectivity index (χ4v) is 6.68. The van der Waals surface area contributed by atoms with Gasteiger partial charge in [-0.15, -0.1) is 0 Å². The first-order chi connectivity index (χ1) is 19.6. The van der Waals surface area contributed by atoms with Gasteiger partial charge in [0.05, 0.1) is 48.8 Å². The molecule has 1 aliphatic carbocycles. The van der Waals surface area contributed by atoms with Crippen LogP contribution in [0.25, 0.3) is 16.7 Å². The predicted molar refractivity (Wildman–Crippen MR) is 150 cm³/mol. The van der Waals surface area contributed by atoms with E-state index in [2.05, 4.69) is 14.7 Å². The van der Waals surface area contributed by atoms with Crippen molar-refractivity contribution >= 4 is 22.7 Å². The lowest BCUT2D eigenvalue weighted by molar-refractivity contribution is -0.0803. The summed E-state index contributed by atoms with van der Waals surface area (Å²) in [6.07, 6.45) is 5.53. The molecule has 0 N–H and O–H groups in total. The molecule has 3 aromatic rings. The maximum atomic E-state index is 13.8. The second-order valence-corrected chi connectivity index (χ2v) is 11.6. The first-order valence-corrected chi connectivity index (χ1v) is 14.7. The van der Waals surface area contributed by atoms with E-state index in [1.165, 1.54) is 25.7 Å². The van der Waals surface area contributed by atoms with Crippen LogP contribution in [0, 0.1) is 5.82 Å². The first kappa shape index (κ1) is 25.9. The number of pyridine rings is 1. The number of methoxy groups -OCH3 is 1. The summed E-state index contributed by atoms with van der Waals surface area (Å²) in [4.78, 5) is 25.2. The van der Waals surface area contributed by atoms with E-state index in [0.29, 0.717) is 23.6 Å². The average molecular weight is 549 g/mol. The van der Waals surface area contributed by atoms with Crippen molar-refractivity contribution in [1.29, 1.82) is 0 Å². The summed E-state index contributed by atoms with van der Waals surface area (Å²) in [5.41, 5.74) is 3.66. The van der Waals surface area contributed by atoms with Gasteiger partial charge in [0.1, 0.15) is 5.82 Å². The van der Waals surface area contributed by atoms with Crippen LogP contribution in [-0.2, 0) is 9.47 Å². The SMILES string of the molecule is COC(=O)c1cc(N2CCC(N3CCN(C4COC4)CC3)CC2)c2c(C3CCC3)nn(-c3ccc(F)cc3)c2n1. The number of halogens is 1. The number of piperazine rings is 1. The minimum Gasteiger partial charge on any atom is -0.464 e. The van der Waals surface area contributed by atoms with Crippen molar-refractivity contribution in [3.63, 3.8) is 0 Å². The number of benzene rings is 1. The smallest absolute Gasteiger partial charge is 0.356 e. The third-order valence-corrected chi connectivity index (χ3v) is 9.41. The molecule has 4 aliphatic rings. The van der Waals surface area contributed by atoms with E-state index in [1.54, 1.807) is 16.8 Å². The van der Waals surface area contributed by atoms with E-state index >= 15 is 0 Å². The van der Waals surface area contributed by atoms with Crippen LogP contribution in [0.2, 0.25) is 0 Å². The highest BCUT2D eigenvalue weighted by atomic mass is 19.1. The molecule has 0 unspecified atom stereocenters. The Morgan fingerprint density at radius 3 is 2.20 bits per heavy atom. The number of hydrogen-bond acceptors (Lipinski definition) is 8. The molecule has 7 rings (SSSR count). The van der Waals surface area contributed by atoms with Crippen molar-refractivity contribution in [1.82, 2.24) is 24.6 Å². The number of rotatable bonds is 6. The number of piperidine rings is 1. The van der Waals surface area contributed by atoms with Crippen molar-refractivity contribution in [2.45, 2.75) is 50.1 Å². The molecule has 3 aliphatic heterocycles. The summed E-state index contributed by atoms with van der Waals surface area (Å²) >= 11 is 0. The van der Waals surface area contributed by atoms with Crippen molar-refractivity contribution in [3.05, 3.63) is 47.5 Å². The van der Waals surface area contributed by atoms with Crippen LogP contribution in [0.5, 0.6) is 0 Å². The van der Waals surface area contributed by atoms with Crippen molar-refractivity contribution in [2.24, 2.45) is 0 Å². The second kappa shape index (κ2) is 10.7. The van der Waals surface area contributed by atoms with Gasteiger partial charge in [-0.2, -0.15) is 5.10 Å². The predicted octanol–water partition coefficient (Wildman–Crippen LogP) is 3.60. The fraction of sp³-hybridized carbons (Fsp3) is 0.567. The van der Waals surface area contributed by atoms with Crippen LogP contribution in [0.4, 0.5) is 10.1 Å². The molecule has 5 heterocycles. The van der Waals surface area contributed by atoms with Gasteiger partial charge in [0.2, 0.25) is 0 Å². The molecule has 0 radical (unpaired) electrons. The minimum absolute atomic E-state index is 0.270. The molecule has 40 heavy (non-hydrogen) atoms. The highest BCUT2D eigenvalue weighted by molar-refractivity contribution is 5.99. The highest BCUT2D eigenvalue weighted by Crippen LogP contribution is 2.43. The Labute approximate surface area is 233 Å². The van der Waals surface area contributed by atoms with Crippen LogP contribution in [0.1, 0.15) is 54.2 Å². The Balaban J connectivity index is 1.19. The third-order valence-electron chi connectivity index (χ3n) is 9.41. The molecule has 9 nitrogen and oxygen atoms in total. The van der Waals surface area contributed by atoms with Gasteiger partial charge < -0.3 is 14.4 Å². The van der Waals surface area contributed by atoms with E-state index in [4.69, 9.17) is 19.6 Å². The van der Waals surface area contributed by atoms with Crippen LogP contribution < -0.4 is 4.90 Å². The number of aromatic nitrogens is 3. The summed E-state index contributed by atoms with van der Waals surface area (Å²) in [7, 11) is 1.38. The molecule has 0 amide bonds. The largest absolute Gasteiger partial charge is 0.464 e. The monoisotopic (exact) mass is 548 g/mol. The van der Waals surface area contributed by atoms with Gasteiger partial charge in [-0.3, -0.25) is 9.80 Å². The summed E-state index contributed by atoms with van der Waals surface area (Å²) < 4.78 is 26.0. The van der Waals surface area contributed by atoms with Crippen LogP contribution in [0.3, 0.4) is 0 Å². The summed E-state index contributed by atoms with van der Waals surface area (Å²) in [6.45, 7) is 8.05. The molecule has 0 spiro atoms. The molecule has 1 aromatic carbocycles. The molecule has 2 aromatic heterocycles. The Kier molecular flexibility index (Phi) is 6.93. The summed E-state index contributed by atoms with van der Waals surface area (Å²) in [5, 5.41) is 6.06. The molecule has 1 saturated carbocycles. The Morgan fingerprint density at radius 2 is 1.62 bits per heavy atom. The topological polar surface area (TPSA) is 76.0 Å². The van der Waals surface area contributed by atoms with E-state index in [1.807, 2.05) is 6.07 Å². The number of ether oxygens (including phenoxy) is 2. The zero-order valence-corrected chi connectivity index (χ0v) is 23.1. The van der Waals surface area contributed by atoms with Crippen LogP contribution in [-0.4, -0.2) is 102 Å². The summed E-state index contributed by atoms with van der Waals surface area (Å²) in [6, 6.07) is 9.36. The molecular weight excluding hydrogens is 511 g/mol. The number of esters is 1. The van der Waals surface area contributed by atoms with Gasteiger partial charge in [-0.25, -0.2) is 18.9 Å². The Morgan fingerprint density at radius 1 is 0.950 bits per heavy atom. The quantitative estimate of drug-likeness (QED) is 0.433. The number of fused-ring (bicyclic) bond motifs is 1. The Hall–Kier alpha value is -3.08. The molecule has 0 bridgehead atoms. The number of hydrogen-bond donors (Lipinski definition) is 0. The van der Waals surface area contributed by atoms with Crippen LogP contribution >= 0.6 is 0 Å². The van der Waals surface area contributed by atoms with Gasteiger partial charge in [0.15, 0.2) is 11.3 Å². The minimum atomic E-state index is -0.468. The molecule has 10 heteroatoms. The maximum absolute atomic E-state index is 13.8. The van der Waals surface area contributed by atoms with E-state index in [0.717, 1.165) is 101 Å². The molecule has 0 atom stereocenters. The lowest BCUT2D eigenvalue weighted by Gasteiger charge is -2.46. The number of carbonyl (C=O) groups is 1. The molecule has 212 valence electrons. The van der Waals surface area contributed by atoms with Gasteiger partial charge >= 0.3 is 5.97 Å². The fourth-order valence-electron chi connectivity index (χ4n) is 6.68. The van der Waals surface area contributed by atoms with E-state index in [-0.39, 0.29) is 11.5 Å². The standard InChI is InChI=1S/C30H37FN6O3/c1-39-30(38)25-17-26(36-11-9-22(10-12-36)34-13-15-35(16-14-34)24-18-40-19-24)27-28(20-3-2-4-20)33-37(29(27)32-25)23-7-5-21(31)6-8-23/h5-8,17,20,22,24H,2-4,9-16,18-19H2,1H3. The summed E-state index contributed by atoms with van der Waals surface area (Å²) in [5.74, 6) is -0.405. The number of nitrogens with zero attached hydrogens (tertiary/aromatic N) is 6. The zero-order chi connectivity index (χ0) is 27.2. The average Bonchev–Trinajstić information content (AvgIpc) is 3.30. The first-order valence-electron chi connectivity index (χ1n) is 14.7. The lowest BCUT2D eigenvalue weighted by Crippen LogP contribution is -2.59. The number of anilines is 1. The van der Waals surface area contributed by atoms with E-state index < -0.39 is 5.97 Å².